The summed E-state index contributed by atoms with van der Waals surface area (Å²) in [6.45, 7) is 2.59. The van der Waals surface area contributed by atoms with Gasteiger partial charge in [0.05, 0.1) is 7.11 Å². The minimum atomic E-state index is 0.0164. The molecule has 0 bridgehead atoms. The number of thioether (sulfide) groups is 1. The summed E-state index contributed by atoms with van der Waals surface area (Å²) in [5.41, 5.74) is 4.04. The molecule has 0 atom stereocenters. The van der Waals surface area contributed by atoms with Crippen LogP contribution in [0, 0.1) is 6.92 Å². The second kappa shape index (κ2) is 13.0. The van der Waals surface area contributed by atoms with Crippen molar-refractivity contribution in [2.24, 2.45) is 0 Å². The minimum Gasteiger partial charge on any atom is -0.497 e. The van der Waals surface area contributed by atoms with Gasteiger partial charge in [-0.05, 0) is 61.7 Å². The number of benzene rings is 3. The Balaban J connectivity index is 1.36. The molecule has 1 N–H and O–H groups in total. The van der Waals surface area contributed by atoms with E-state index in [-0.39, 0.29) is 5.91 Å². The standard InChI is InChI=1S/C28H28Cl2N4O2S/c1-19-8-12-23(13-9-19)34-27(21-5-3-6-24(17-21)36-2)32-33-28(34)37-16-4-7-26(35)31-15-14-20-10-11-22(29)18-25(20)30/h3,5-6,8-13,17-18H,4,7,14-16H2,1-2H3,(H,31,35). The highest BCUT2D eigenvalue weighted by molar-refractivity contribution is 7.99. The summed E-state index contributed by atoms with van der Waals surface area (Å²) in [4.78, 5) is 12.3. The van der Waals surface area contributed by atoms with Gasteiger partial charge in [-0.15, -0.1) is 10.2 Å². The van der Waals surface area contributed by atoms with Gasteiger partial charge in [-0.25, -0.2) is 0 Å². The van der Waals surface area contributed by atoms with Crippen LogP contribution in [0.5, 0.6) is 5.75 Å². The van der Waals surface area contributed by atoms with Crippen LogP contribution in [0.1, 0.15) is 24.0 Å². The molecule has 4 aromatic rings. The molecule has 0 unspecified atom stereocenters. The van der Waals surface area contributed by atoms with E-state index in [4.69, 9.17) is 27.9 Å². The van der Waals surface area contributed by atoms with Crippen molar-refractivity contribution in [2.45, 2.75) is 31.3 Å². The van der Waals surface area contributed by atoms with Crippen LogP contribution >= 0.6 is 35.0 Å². The average Bonchev–Trinajstić information content (AvgIpc) is 3.32. The highest BCUT2D eigenvalue weighted by atomic mass is 35.5. The SMILES string of the molecule is COc1cccc(-c2nnc(SCCCC(=O)NCCc3ccc(Cl)cc3Cl)n2-c2ccc(C)cc2)c1. The third-order valence-corrected chi connectivity index (χ3v) is 7.37. The molecule has 4 rings (SSSR count). The highest BCUT2D eigenvalue weighted by Gasteiger charge is 2.17. The van der Waals surface area contributed by atoms with Crippen LogP contribution in [0.2, 0.25) is 10.0 Å². The Morgan fingerprint density at radius 1 is 1.05 bits per heavy atom. The number of hydrogen-bond acceptors (Lipinski definition) is 5. The number of aryl methyl sites for hydroxylation is 1. The molecule has 37 heavy (non-hydrogen) atoms. The van der Waals surface area contributed by atoms with Crippen molar-refractivity contribution in [3.8, 4) is 22.8 Å². The van der Waals surface area contributed by atoms with Gasteiger partial charge in [0, 0.05) is 40.0 Å². The van der Waals surface area contributed by atoms with Gasteiger partial charge in [0.15, 0.2) is 11.0 Å². The zero-order chi connectivity index (χ0) is 26.2. The number of amides is 1. The van der Waals surface area contributed by atoms with Gasteiger partial charge in [-0.2, -0.15) is 0 Å². The number of nitrogens with zero attached hydrogens (tertiary/aromatic N) is 3. The molecule has 0 aliphatic heterocycles. The average molecular weight is 556 g/mol. The summed E-state index contributed by atoms with van der Waals surface area (Å²) < 4.78 is 7.45. The van der Waals surface area contributed by atoms with Crippen LogP contribution in [0.25, 0.3) is 17.1 Å². The lowest BCUT2D eigenvalue weighted by Gasteiger charge is -2.11. The molecule has 1 aromatic heterocycles. The molecule has 0 radical (unpaired) electrons. The first-order chi connectivity index (χ1) is 17.9. The molecule has 0 aliphatic carbocycles. The van der Waals surface area contributed by atoms with E-state index in [0.717, 1.165) is 39.3 Å². The number of aromatic nitrogens is 3. The number of hydrogen-bond donors (Lipinski definition) is 1. The van der Waals surface area contributed by atoms with Gasteiger partial charge in [-0.1, -0.05) is 70.9 Å². The topological polar surface area (TPSA) is 69.0 Å². The minimum absolute atomic E-state index is 0.0164. The van der Waals surface area contributed by atoms with Crippen molar-refractivity contribution < 1.29 is 9.53 Å². The highest BCUT2D eigenvalue weighted by Crippen LogP contribution is 2.30. The first-order valence-corrected chi connectivity index (χ1v) is 13.7. The summed E-state index contributed by atoms with van der Waals surface area (Å²) in [6.07, 6.45) is 1.80. The van der Waals surface area contributed by atoms with E-state index in [1.54, 1.807) is 31.0 Å². The maximum Gasteiger partial charge on any atom is 0.220 e. The Labute approximate surface area is 231 Å². The largest absolute Gasteiger partial charge is 0.497 e. The van der Waals surface area contributed by atoms with Crippen LogP contribution in [0.4, 0.5) is 0 Å². The van der Waals surface area contributed by atoms with E-state index in [9.17, 15) is 4.79 Å². The summed E-state index contributed by atoms with van der Waals surface area (Å²) in [7, 11) is 1.65. The summed E-state index contributed by atoms with van der Waals surface area (Å²) >= 11 is 13.7. The first kappa shape index (κ1) is 27.0. The summed E-state index contributed by atoms with van der Waals surface area (Å²) in [6, 6.07) is 21.5. The number of nitrogens with one attached hydrogen (secondary N) is 1. The van der Waals surface area contributed by atoms with Crippen molar-refractivity contribution in [3.05, 3.63) is 87.9 Å². The van der Waals surface area contributed by atoms with Crippen molar-refractivity contribution in [2.75, 3.05) is 19.4 Å². The molecule has 0 fully saturated rings. The molecule has 9 heteroatoms. The molecular formula is C28H28Cl2N4O2S. The van der Waals surface area contributed by atoms with Crippen molar-refractivity contribution >= 4 is 40.9 Å². The van der Waals surface area contributed by atoms with Gasteiger partial charge < -0.3 is 10.1 Å². The van der Waals surface area contributed by atoms with Gasteiger partial charge in [0.1, 0.15) is 5.75 Å². The lowest BCUT2D eigenvalue weighted by molar-refractivity contribution is -0.121. The Kier molecular flexibility index (Phi) is 9.50. The van der Waals surface area contributed by atoms with Crippen LogP contribution in [-0.2, 0) is 11.2 Å². The molecule has 0 saturated carbocycles. The summed E-state index contributed by atoms with van der Waals surface area (Å²) in [5.74, 6) is 2.25. The molecule has 0 aliphatic rings. The molecule has 192 valence electrons. The van der Waals surface area contributed by atoms with Crippen molar-refractivity contribution in [3.63, 3.8) is 0 Å². The van der Waals surface area contributed by atoms with Gasteiger partial charge in [0.2, 0.25) is 5.91 Å². The maximum absolute atomic E-state index is 12.3. The predicted molar refractivity (Wildman–Crippen MR) is 151 cm³/mol. The van der Waals surface area contributed by atoms with Crippen molar-refractivity contribution in [1.82, 2.24) is 20.1 Å². The number of rotatable bonds is 11. The Morgan fingerprint density at radius 3 is 2.62 bits per heavy atom. The number of methoxy groups -OCH3 is 1. The van der Waals surface area contributed by atoms with E-state index < -0.39 is 0 Å². The van der Waals surface area contributed by atoms with E-state index in [0.29, 0.717) is 35.9 Å². The lowest BCUT2D eigenvalue weighted by Crippen LogP contribution is -2.25. The molecular weight excluding hydrogens is 527 g/mol. The van der Waals surface area contributed by atoms with Gasteiger partial charge >= 0.3 is 0 Å². The van der Waals surface area contributed by atoms with E-state index in [2.05, 4.69) is 51.3 Å². The fraction of sp³-hybridized carbons (Fsp3) is 0.250. The van der Waals surface area contributed by atoms with Gasteiger partial charge in [-0.3, -0.25) is 9.36 Å². The van der Waals surface area contributed by atoms with E-state index in [1.807, 2.05) is 30.3 Å². The fourth-order valence-corrected chi connectivity index (χ4v) is 5.18. The van der Waals surface area contributed by atoms with Crippen molar-refractivity contribution in [1.29, 1.82) is 0 Å². The third kappa shape index (κ3) is 7.28. The number of ether oxygens (including phenoxy) is 1. The zero-order valence-corrected chi connectivity index (χ0v) is 23.0. The van der Waals surface area contributed by atoms with Gasteiger partial charge in [0.25, 0.3) is 0 Å². The molecule has 0 saturated heterocycles. The number of carbonyl (C=O) groups is 1. The molecule has 1 amide bonds. The second-order valence-corrected chi connectivity index (χ2v) is 10.4. The molecule has 1 heterocycles. The first-order valence-electron chi connectivity index (χ1n) is 11.9. The molecule has 0 spiro atoms. The van der Waals surface area contributed by atoms with E-state index >= 15 is 0 Å². The Hall–Kier alpha value is -3.00. The number of carbonyl (C=O) groups excluding carboxylic acids is 1. The van der Waals surface area contributed by atoms with Crippen LogP contribution < -0.4 is 10.1 Å². The molecule has 3 aromatic carbocycles. The zero-order valence-electron chi connectivity index (χ0n) is 20.7. The second-order valence-electron chi connectivity index (χ2n) is 8.50. The normalized spacial score (nSPS) is 10.9. The monoisotopic (exact) mass is 554 g/mol. The smallest absolute Gasteiger partial charge is 0.220 e. The lowest BCUT2D eigenvalue weighted by atomic mass is 10.1. The quantitative estimate of drug-likeness (QED) is 0.163. The van der Waals surface area contributed by atoms with E-state index in [1.165, 1.54) is 5.56 Å². The van der Waals surface area contributed by atoms with Crippen LogP contribution in [-0.4, -0.2) is 40.1 Å². The van der Waals surface area contributed by atoms with Crippen LogP contribution in [0.3, 0.4) is 0 Å². The summed E-state index contributed by atoms with van der Waals surface area (Å²) in [5, 5.41) is 13.9. The Bertz CT molecular complexity index is 1360. The third-order valence-electron chi connectivity index (χ3n) is 5.76. The van der Waals surface area contributed by atoms with Crippen LogP contribution in [0.15, 0.2) is 71.9 Å². The fourth-order valence-electron chi connectivity index (χ4n) is 3.78. The molecule has 6 nitrogen and oxygen atoms in total. The predicted octanol–water partition coefficient (Wildman–Crippen LogP) is 6.79. The Morgan fingerprint density at radius 2 is 1.86 bits per heavy atom. The number of halogens is 2. The maximum atomic E-state index is 12.3.